The van der Waals surface area contributed by atoms with E-state index in [1.165, 1.54) is 33.5 Å². The minimum Gasteiger partial charge on any atom is -0.347 e. The number of hydrazine groups is 1. The Bertz CT molecular complexity index is 711. The lowest BCUT2D eigenvalue weighted by Gasteiger charge is -1.99. The Kier molecular flexibility index (Phi) is 2.57. The van der Waals surface area contributed by atoms with Gasteiger partial charge in [0.05, 0.1) is 5.69 Å². The summed E-state index contributed by atoms with van der Waals surface area (Å²) in [5.74, 6) is 5.39. The van der Waals surface area contributed by atoms with Crippen LogP contribution in [-0.2, 0) is 7.05 Å². The van der Waals surface area contributed by atoms with Crippen molar-refractivity contribution in [1.29, 1.82) is 0 Å². The van der Waals surface area contributed by atoms with Crippen molar-refractivity contribution in [2.45, 2.75) is 6.92 Å². The number of fused-ring (bicyclic) bond motifs is 1. The summed E-state index contributed by atoms with van der Waals surface area (Å²) < 4.78 is 2.19. The molecule has 5 heteroatoms. The molecule has 0 spiro atoms. The van der Waals surface area contributed by atoms with Gasteiger partial charge in [-0.3, -0.25) is 5.43 Å². The zero-order chi connectivity index (χ0) is 12.7. The SMILES string of the molecule is Cc1c(-c2csc(NN)n2)c2ccccc2n1C. The van der Waals surface area contributed by atoms with Crippen molar-refractivity contribution in [2.75, 3.05) is 5.43 Å². The van der Waals surface area contributed by atoms with Gasteiger partial charge in [0.15, 0.2) is 5.13 Å². The average molecular weight is 258 g/mol. The zero-order valence-electron chi connectivity index (χ0n) is 10.3. The molecular formula is C13H14N4S. The molecule has 4 nitrogen and oxygen atoms in total. The lowest BCUT2D eigenvalue weighted by atomic mass is 10.1. The fraction of sp³-hybridized carbons (Fsp3) is 0.154. The first-order chi connectivity index (χ1) is 8.72. The Labute approximate surface area is 109 Å². The third kappa shape index (κ3) is 1.52. The molecular weight excluding hydrogens is 244 g/mol. The van der Waals surface area contributed by atoms with E-state index in [0.29, 0.717) is 0 Å². The molecule has 2 heterocycles. The van der Waals surface area contributed by atoms with Crippen LogP contribution in [-0.4, -0.2) is 9.55 Å². The highest BCUT2D eigenvalue weighted by Crippen LogP contribution is 2.35. The number of hydrogen-bond donors (Lipinski definition) is 2. The van der Waals surface area contributed by atoms with Crippen LogP contribution < -0.4 is 11.3 Å². The Morgan fingerprint density at radius 3 is 2.83 bits per heavy atom. The Balaban J connectivity index is 2.31. The number of aryl methyl sites for hydroxylation is 1. The normalized spacial score (nSPS) is 11.1. The molecule has 3 aromatic rings. The van der Waals surface area contributed by atoms with E-state index >= 15 is 0 Å². The molecule has 0 fully saturated rings. The van der Waals surface area contributed by atoms with Gasteiger partial charge in [-0.15, -0.1) is 11.3 Å². The molecule has 0 radical (unpaired) electrons. The van der Waals surface area contributed by atoms with E-state index < -0.39 is 0 Å². The fourth-order valence-corrected chi connectivity index (χ4v) is 2.91. The molecule has 0 aliphatic heterocycles. The van der Waals surface area contributed by atoms with Crippen molar-refractivity contribution in [3.63, 3.8) is 0 Å². The molecule has 3 rings (SSSR count). The average Bonchev–Trinajstić information content (AvgIpc) is 2.95. The van der Waals surface area contributed by atoms with Crippen molar-refractivity contribution in [3.8, 4) is 11.3 Å². The van der Waals surface area contributed by atoms with E-state index in [1.54, 1.807) is 0 Å². The second-order valence-corrected chi connectivity index (χ2v) is 5.08. The molecule has 0 atom stereocenters. The van der Waals surface area contributed by atoms with Crippen LogP contribution in [0.2, 0.25) is 0 Å². The molecule has 0 aliphatic carbocycles. The molecule has 0 saturated carbocycles. The highest BCUT2D eigenvalue weighted by molar-refractivity contribution is 7.14. The summed E-state index contributed by atoms with van der Waals surface area (Å²) >= 11 is 1.51. The molecule has 3 N–H and O–H groups in total. The summed E-state index contributed by atoms with van der Waals surface area (Å²) in [6.45, 7) is 2.12. The largest absolute Gasteiger partial charge is 0.347 e. The summed E-state index contributed by atoms with van der Waals surface area (Å²) in [7, 11) is 2.08. The highest BCUT2D eigenvalue weighted by atomic mass is 32.1. The fourth-order valence-electron chi connectivity index (χ4n) is 2.30. The van der Waals surface area contributed by atoms with E-state index in [4.69, 9.17) is 5.84 Å². The summed E-state index contributed by atoms with van der Waals surface area (Å²) in [6.07, 6.45) is 0. The van der Waals surface area contributed by atoms with E-state index in [-0.39, 0.29) is 0 Å². The van der Waals surface area contributed by atoms with E-state index in [0.717, 1.165) is 10.8 Å². The number of nitrogen functional groups attached to an aromatic ring is 1. The summed E-state index contributed by atoms with van der Waals surface area (Å²) in [4.78, 5) is 4.49. The minimum atomic E-state index is 0.734. The number of nitrogens with one attached hydrogen (secondary N) is 1. The van der Waals surface area contributed by atoms with Crippen LogP contribution >= 0.6 is 11.3 Å². The van der Waals surface area contributed by atoms with Crippen LogP contribution in [0.5, 0.6) is 0 Å². The molecule has 18 heavy (non-hydrogen) atoms. The lowest BCUT2D eigenvalue weighted by molar-refractivity contribution is 0.919. The second kappa shape index (κ2) is 4.12. The Morgan fingerprint density at radius 2 is 2.11 bits per heavy atom. The molecule has 0 unspecified atom stereocenters. The van der Waals surface area contributed by atoms with Gasteiger partial charge in [-0.2, -0.15) is 0 Å². The predicted octanol–water partition coefficient (Wildman–Crippen LogP) is 2.90. The van der Waals surface area contributed by atoms with Crippen LogP contribution in [0.4, 0.5) is 5.13 Å². The molecule has 0 aliphatic rings. The number of anilines is 1. The minimum absolute atomic E-state index is 0.734. The van der Waals surface area contributed by atoms with Gasteiger partial charge < -0.3 is 4.57 Å². The van der Waals surface area contributed by atoms with Gasteiger partial charge in [-0.25, -0.2) is 10.8 Å². The van der Waals surface area contributed by atoms with Gasteiger partial charge in [-0.1, -0.05) is 18.2 Å². The third-order valence-corrected chi connectivity index (χ3v) is 4.06. The summed E-state index contributed by atoms with van der Waals surface area (Å²) in [5, 5.41) is 3.99. The maximum Gasteiger partial charge on any atom is 0.197 e. The van der Waals surface area contributed by atoms with Crippen LogP contribution in [0.3, 0.4) is 0 Å². The molecule has 92 valence electrons. The van der Waals surface area contributed by atoms with Gasteiger partial charge in [0.25, 0.3) is 0 Å². The van der Waals surface area contributed by atoms with Gasteiger partial charge in [0.1, 0.15) is 0 Å². The van der Waals surface area contributed by atoms with Crippen molar-refractivity contribution >= 4 is 27.4 Å². The Morgan fingerprint density at radius 1 is 1.33 bits per heavy atom. The van der Waals surface area contributed by atoms with Crippen LogP contribution in [0, 0.1) is 6.92 Å². The number of nitrogens with two attached hydrogens (primary N) is 1. The van der Waals surface area contributed by atoms with Crippen LogP contribution in [0.25, 0.3) is 22.2 Å². The first-order valence-corrected chi connectivity index (χ1v) is 6.57. The number of rotatable bonds is 2. The molecule has 1 aromatic carbocycles. The first-order valence-electron chi connectivity index (χ1n) is 5.69. The predicted molar refractivity (Wildman–Crippen MR) is 76.6 cm³/mol. The molecule has 0 amide bonds. The standard InChI is InChI=1S/C13H14N4S/c1-8-12(10-7-18-13(15-10)16-14)9-5-3-4-6-11(9)17(8)2/h3-7H,14H2,1-2H3,(H,15,16). The summed E-state index contributed by atoms with van der Waals surface area (Å²) in [5.41, 5.74) is 7.19. The van der Waals surface area contributed by atoms with Crippen molar-refractivity contribution in [1.82, 2.24) is 9.55 Å². The number of nitrogens with zero attached hydrogens (tertiary/aromatic N) is 2. The topological polar surface area (TPSA) is 55.9 Å². The van der Waals surface area contributed by atoms with Crippen molar-refractivity contribution < 1.29 is 0 Å². The monoisotopic (exact) mass is 258 g/mol. The van der Waals surface area contributed by atoms with E-state index in [9.17, 15) is 0 Å². The number of para-hydroxylation sites is 1. The van der Waals surface area contributed by atoms with Crippen molar-refractivity contribution in [2.24, 2.45) is 12.9 Å². The third-order valence-electron chi connectivity index (χ3n) is 3.28. The quantitative estimate of drug-likeness (QED) is 0.549. The number of benzene rings is 1. The van der Waals surface area contributed by atoms with Crippen molar-refractivity contribution in [3.05, 3.63) is 35.3 Å². The number of thiazole rings is 1. The van der Waals surface area contributed by atoms with Gasteiger partial charge in [0.2, 0.25) is 0 Å². The van der Waals surface area contributed by atoms with Crippen LogP contribution in [0.1, 0.15) is 5.69 Å². The van der Waals surface area contributed by atoms with Gasteiger partial charge >= 0.3 is 0 Å². The van der Waals surface area contributed by atoms with Gasteiger partial charge in [0, 0.05) is 34.6 Å². The highest BCUT2D eigenvalue weighted by Gasteiger charge is 2.15. The van der Waals surface area contributed by atoms with Gasteiger partial charge in [-0.05, 0) is 13.0 Å². The first kappa shape index (κ1) is 11.3. The van der Waals surface area contributed by atoms with E-state index in [2.05, 4.69) is 53.2 Å². The lowest BCUT2D eigenvalue weighted by Crippen LogP contribution is -2.05. The maximum atomic E-state index is 5.39. The van der Waals surface area contributed by atoms with Crippen LogP contribution in [0.15, 0.2) is 29.6 Å². The molecule has 2 aromatic heterocycles. The zero-order valence-corrected chi connectivity index (χ0v) is 11.1. The number of aromatic nitrogens is 2. The maximum absolute atomic E-state index is 5.39. The number of hydrogen-bond acceptors (Lipinski definition) is 4. The smallest absolute Gasteiger partial charge is 0.197 e. The Hall–Kier alpha value is -1.85. The molecule has 0 bridgehead atoms. The van der Waals surface area contributed by atoms with E-state index in [1.807, 2.05) is 5.38 Å². The second-order valence-electron chi connectivity index (χ2n) is 4.22. The molecule has 0 saturated heterocycles. The summed E-state index contributed by atoms with van der Waals surface area (Å²) in [6, 6.07) is 8.37.